The molecule has 0 fully saturated rings. The maximum absolute atomic E-state index is 11.8. The average Bonchev–Trinajstić information content (AvgIpc) is 2.49. The normalized spacial score (nSPS) is 9.85. The number of rotatable bonds is 5. The molecule has 8 nitrogen and oxygen atoms in total. The zero-order chi connectivity index (χ0) is 14.4. The van der Waals surface area contributed by atoms with Crippen molar-refractivity contribution in [1.29, 1.82) is 0 Å². The van der Waals surface area contributed by atoms with Crippen LogP contribution in [0.1, 0.15) is 17.3 Å². The van der Waals surface area contributed by atoms with Crippen LogP contribution < -0.4 is 21.3 Å². The van der Waals surface area contributed by atoms with E-state index in [-0.39, 0.29) is 23.3 Å². The van der Waals surface area contributed by atoms with E-state index in [2.05, 4.69) is 25.8 Å². The number of carbonyl (C=O) groups is 1. The Morgan fingerprint density at radius 1 is 1.45 bits per heavy atom. The number of nitrogens with zero attached hydrogens (tertiary/aromatic N) is 3. The zero-order valence-electron chi connectivity index (χ0n) is 10.8. The number of hydrogen-bond acceptors (Lipinski definition) is 7. The third kappa shape index (κ3) is 3.10. The second-order valence-corrected chi connectivity index (χ2v) is 3.69. The molecular weight excluding hydrogens is 260 g/mol. The summed E-state index contributed by atoms with van der Waals surface area (Å²) in [4.78, 5) is 23.5. The molecule has 0 unspecified atom stereocenters. The number of pyridine rings is 1. The second kappa shape index (κ2) is 6.32. The molecule has 8 heteroatoms. The number of hydrogen-bond donors (Lipinski definition) is 3. The lowest BCUT2D eigenvalue weighted by Crippen LogP contribution is -2.30. The fraction of sp³-hybridized carbons (Fsp3) is 0.167. The molecule has 0 saturated heterocycles. The Morgan fingerprint density at radius 3 is 3.00 bits per heavy atom. The van der Waals surface area contributed by atoms with E-state index in [4.69, 9.17) is 10.5 Å². The summed E-state index contributed by atoms with van der Waals surface area (Å²) < 4.78 is 5.23. The Kier molecular flexibility index (Phi) is 4.28. The van der Waals surface area contributed by atoms with Crippen molar-refractivity contribution in [3.05, 3.63) is 36.4 Å². The molecule has 0 aliphatic heterocycles. The maximum atomic E-state index is 11.8. The smallest absolute Gasteiger partial charge is 0.271 e. The van der Waals surface area contributed by atoms with Crippen molar-refractivity contribution in [1.82, 2.24) is 20.4 Å². The topological polar surface area (TPSA) is 115 Å². The number of ether oxygens (including phenoxy) is 1. The van der Waals surface area contributed by atoms with Crippen molar-refractivity contribution in [2.45, 2.75) is 6.92 Å². The number of nitrogens with one attached hydrogen (secondary N) is 2. The van der Waals surface area contributed by atoms with E-state index < -0.39 is 0 Å². The second-order valence-electron chi connectivity index (χ2n) is 3.69. The van der Waals surface area contributed by atoms with Gasteiger partial charge in [0.15, 0.2) is 5.82 Å². The molecule has 1 amide bonds. The van der Waals surface area contributed by atoms with E-state index in [0.717, 1.165) is 0 Å². The van der Waals surface area contributed by atoms with Crippen molar-refractivity contribution >= 4 is 17.4 Å². The van der Waals surface area contributed by atoms with E-state index in [1.54, 1.807) is 18.3 Å². The van der Waals surface area contributed by atoms with E-state index in [9.17, 15) is 4.79 Å². The Labute approximate surface area is 115 Å². The van der Waals surface area contributed by atoms with Gasteiger partial charge in [0.1, 0.15) is 12.0 Å². The molecular formula is C12H14N6O2. The summed E-state index contributed by atoms with van der Waals surface area (Å²) in [5.74, 6) is 0.176. The third-order valence-electron chi connectivity index (χ3n) is 2.35. The van der Waals surface area contributed by atoms with Crippen molar-refractivity contribution in [2.75, 3.05) is 17.8 Å². The minimum atomic E-state index is -0.353. The lowest BCUT2D eigenvalue weighted by Gasteiger charge is -2.11. The number of hydrazine groups is 1. The number of carbonyl (C=O) groups excluding carboxylic acids is 1. The first-order valence-electron chi connectivity index (χ1n) is 5.92. The molecule has 0 bridgehead atoms. The van der Waals surface area contributed by atoms with Crippen molar-refractivity contribution in [3.8, 4) is 5.88 Å². The Hall–Kier alpha value is -2.90. The van der Waals surface area contributed by atoms with Gasteiger partial charge in [0, 0.05) is 12.4 Å². The summed E-state index contributed by atoms with van der Waals surface area (Å²) in [7, 11) is 0. The maximum Gasteiger partial charge on any atom is 0.271 e. The fourth-order valence-corrected chi connectivity index (χ4v) is 1.42. The fourth-order valence-electron chi connectivity index (χ4n) is 1.42. The van der Waals surface area contributed by atoms with Crippen LogP contribution in [0.5, 0.6) is 5.88 Å². The van der Waals surface area contributed by atoms with Gasteiger partial charge in [-0.25, -0.2) is 4.98 Å². The Bertz CT molecular complexity index is 590. The molecule has 0 spiro atoms. The van der Waals surface area contributed by atoms with Gasteiger partial charge in [-0.2, -0.15) is 4.98 Å². The van der Waals surface area contributed by atoms with Crippen LogP contribution in [0.15, 0.2) is 30.9 Å². The largest absolute Gasteiger partial charge is 0.476 e. The number of anilines is 2. The lowest BCUT2D eigenvalue weighted by molar-refractivity contribution is 0.0962. The van der Waals surface area contributed by atoms with Crippen LogP contribution in [-0.2, 0) is 0 Å². The molecule has 0 aromatic carbocycles. The van der Waals surface area contributed by atoms with Gasteiger partial charge >= 0.3 is 0 Å². The molecule has 0 atom stereocenters. The third-order valence-corrected chi connectivity index (χ3v) is 2.35. The molecule has 104 valence electrons. The number of nitrogen functional groups attached to an aromatic ring is 1. The van der Waals surface area contributed by atoms with Crippen LogP contribution in [-0.4, -0.2) is 27.5 Å². The highest BCUT2D eigenvalue weighted by Gasteiger charge is 2.10. The van der Waals surface area contributed by atoms with Crippen LogP contribution in [0.3, 0.4) is 0 Å². The van der Waals surface area contributed by atoms with E-state index in [0.29, 0.717) is 12.2 Å². The molecule has 2 heterocycles. The zero-order valence-corrected chi connectivity index (χ0v) is 10.8. The molecule has 4 N–H and O–H groups in total. The molecule has 2 aromatic heterocycles. The van der Waals surface area contributed by atoms with Crippen LogP contribution in [0, 0.1) is 0 Å². The predicted molar refractivity (Wildman–Crippen MR) is 72.9 cm³/mol. The summed E-state index contributed by atoms with van der Waals surface area (Å²) in [5.41, 5.74) is 11.6. The summed E-state index contributed by atoms with van der Waals surface area (Å²) in [5, 5.41) is 0. The lowest BCUT2D eigenvalue weighted by atomic mass is 10.3. The van der Waals surface area contributed by atoms with Crippen LogP contribution in [0.2, 0.25) is 0 Å². The summed E-state index contributed by atoms with van der Waals surface area (Å²) in [6, 6.07) is 3.31. The number of aromatic nitrogens is 3. The van der Waals surface area contributed by atoms with E-state index in [1.807, 2.05) is 6.92 Å². The standard InChI is InChI=1S/C12H14N6O2/c1-2-20-12-9(13)10(15-7-16-12)17-18-11(19)8-4-3-5-14-6-8/h3-7H,2,13H2,1H3,(H,18,19)(H,15,16,17). The molecule has 2 aromatic rings. The molecule has 0 radical (unpaired) electrons. The first kappa shape index (κ1) is 13.5. The van der Waals surface area contributed by atoms with Crippen LogP contribution in [0.4, 0.5) is 11.5 Å². The Morgan fingerprint density at radius 2 is 2.30 bits per heavy atom. The monoisotopic (exact) mass is 274 g/mol. The predicted octanol–water partition coefficient (Wildman–Crippen LogP) is 0.609. The van der Waals surface area contributed by atoms with Crippen LogP contribution in [0.25, 0.3) is 0 Å². The first-order chi connectivity index (χ1) is 9.72. The minimum Gasteiger partial charge on any atom is -0.476 e. The van der Waals surface area contributed by atoms with Gasteiger partial charge < -0.3 is 10.5 Å². The van der Waals surface area contributed by atoms with Gasteiger partial charge in [-0.15, -0.1) is 0 Å². The molecule has 0 saturated carbocycles. The van der Waals surface area contributed by atoms with Crippen LogP contribution >= 0.6 is 0 Å². The Balaban J connectivity index is 2.04. The van der Waals surface area contributed by atoms with Gasteiger partial charge in [0.05, 0.1) is 12.2 Å². The molecule has 0 aliphatic rings. The number of nitrogens with two attached hydrogens (primary N) is 1. The highest BCUT2D eigenvalue weighted by molar-refractivity contribution is 5.94. The van der Waals surface area contributed by atoms with Gasteiger partial charge in [0.2, 0.25) is 5.88 Å². The number of amides is 1. The summed E-state index contributed by atoms with van der Waals surface area (Å²) >= 11 is 0. The SMILES string of the molecule is CCOc1ncnc(NNC(=O)c2cccnc2)c1N. The van der Waals surface area contributed by atoms with Crippen molar-refractivity contribution in [2.24, 2.45) is 0 Å². The minimum absolute atomic E-state index is 0.223. The summed E-state index contributed by atoms with van der Waals surface area (Å²) in [6.45, 7) is 2.25. The summed E-state index contributed by atoms with van der Waals surface area (Å²) in [6.07, 6.45) is 4.33. The van der Waals surface area contributed by atoms with Crippen molar-refractivity contribution < 1.29 is 9.53 Å². The highest BCUT2D eigenvalue weighted by atomic mass is 16.5. The van der Waals surface area contributed by atoms with Gasteiger partial charge in [-0.05, 0) is 19.1 Å². The molecule has 20 heavy (non-hydrogen) atoms. The van der Waals surface area contributed by atoms with Gasteiger partial charge in [-0.1, -0.05) is 0 Å². The van der Waals surface area contributed by atoms with Crippen molar-refractivity contribution in [3.63, 3.8) is 0 Å². The highest BCUT2D eigenvalue weighted by Crippen LogP contribution is 2.23. The van der Waals surface area contributed by atoms with E-state index in [1.165, 1.54) is 12.5 Å². The quantitative estimate of drug-likeness (QED) is 0.684. The average molecular weight is 274 g/mol. The molecule has 2 rings (SSSR count). The molecule has 0 aliphatic carbocycles. The van der Waals surface area contributed by atoms with Gasteiger partial charge in [-0.3, -0.25) is 20.6 Å². The first-order valence-corrected chi connectivity index (χ1v) is 5.92. The van der Waals surface area contributed by atoms with Gasteiger partial charge in [0.25, 0.3) is 5.91 Å². The van der Waals surface area contributed by atoms with E-state index >= 15 is 0 Å².